The molecular formula is C16H18F3N3O5. The molecule has 0 heterocycles. The predicted molar refractivity (Wildman–Crippen MR) is 86.4 cm³/mol. The number of esters is 1. The van der Waals surface area contributed by atoms with Gasteiger partial charge >= 0.3 is 12.1 Å². The molecule has 8 nitrogen and oxygen atoms in total. The van der Waals surface area contributed by atoms with Gasteiger partial charge in [0.05, 0.1) is 12.1 Å². The number of amides is 3. The van der Waals surface area contributed by atoms with Crippen LogP contribution >= 0.6 is 0 Å². The summed E-state index contributed by atoms with van der Waals surface area (Å²) in [5.74, 6) is -2.72. The molecular weight excluding hydrogens is 371 g/mol. The largest absolute Gasteiger partial charge is 0.454 e. The Balaban J connectivity index is 2.42. The smallest absolute Gasteiger partial charge is 0.416 e. The van der Waals surface area contributed by atoms with Gasteiger partial charge in [-0.1, -0.05) is 0 Å². The van der Waals surface area contributed by atoms with E-state index in [0.717, 1.165) is 29.2 Å². The molecule has 0 bridgehead atoms. The monoisotopic (exact) mass is 389 g/mol. The molecule has 0 saturated carbocycles. The summed E-state index contributed by atoms with van der Waals surface area (Å²) in [6, 6.07) is 3.43. The third-order valence-electron chi connectivity index (χ3n) is 3.31. The number of nitrogens with zero attached hydrogens (tertiary/aromatic N) is 1. The molecule has 0 aliphatic rings. The van der Waals surface area contributed by atoms with Crippen molar-refractivity contribution in [3.8, 4) is 0 Å². The topological polar surface area (TPSA) is 105 Å². The standard InChI is InChI=1S/C16H18F3N3O5/c1-20-12(23)8-22(2)13(24)9-27-14(25)7-21-15(26)10-3-5-11(6-4-10)16(17,18)19/h3-6H,7-9H2,1-2H3,(H,20,23)(H,21,26). The number of carbonyl (C=O) groups is 4. The Labute approximate surface area is 152 Å². The molecule has 3 amide bonds. The molecule has 0 fully saturated rings. The lowest BCUT2D eigenvalue weighted by Gasteiger charge is -2.16. The highest BCUT2D eigenvalue weighted by Crippen LogP contribution is 2.28. The van der Waals surface area contributed by atoms with Gasteiger partial charge in [0.2, 0.25) is 5.91 Å². The first-order chi connectivity index (χ1) is 12.5. The first-order valence-corrected chi connectivity index (χ1v) is 7.60. The minimum atomic E-state index is -4.52. The predicted octanol–water partition coefficient (Wildman–Crippen LogP) is 0.183. The molecule has 0 atom stereocenters. The first-order valence-electron chi connectivity index (χ1n) is 7.60. The number of rotatable bonds is 7. The highest BCUT2D eigenvalue weighted by atomic mass is 19.4. The fraction of sp³-hybridized carbons (Fsp3) is 0.375. The lowest BCUT2D eigenvalue weighted by Crippen LogP contribution is -2.39. The van der Waals surface area contributed by atoms with Crippen molar-refractivity contribution in [2.24, 2.45) is 0 Å². The van der Waals surface area contributed by atoms with Crippen LogP contribution in [0.1, 0.15) is 15.9 Å². The Morgan fingerprint density at radius 1 is 1.11 bits per heavy atom. The van der Waals surface area contributed by atoms with E-state index in [9.17, 15) is 32.3 Å². The molecule has 1 aromatic carbocycles. The van der Waals surface area contributed by atoms with Gasteiger partial charge < -0.3 is 20.3 Å². The Bertz CT molecular complexity index is 704. The average molecular weight is 389 g/mol. The van der Waals surface area contributed by atoms with Crippen LogP contribution in [0.15, 0.2) is 24.3 Å². The van der Waals surface area contributed by atoms with E-state index in [1.165, 1.54) is 14.1 Å². The van der Waals surface area contributed by atoms with Crippen molar-refractivity contribution in [1.29, 1.82) is 0 Å². The third-order valence-corrected chi connectivity index (χ3v) is 3.31. The zero-order chi connectivity index (χ0) is 20.6. The minimum Gasteiger partial charge on any atom is -0.454 e. The third kappa shape index (κ3) is 7.34. The van der Waals surface area contributed by atoms with Gasteiger partial charge in [-0.3, -0.25) is 19.2 Å². The Hall–Kier alpha value is -3.11. The molecule has 0 aromatic heterocycles. The number of ether oxygens (including phenoxy) is 1. The molecule has 0 radical (unpaired) electrons. The molecule has 1 aromatic rings. The van der Waals surface area contributed by atoms with Gasteiger partial charge in [0.1, 0.15) is 6.54 Å². The Kier molecular flexibility index (Phi) is 7.76. The molecule has 0 spiro atoms. The molecule has 0 unspecified atom stereocenters. The van der Waals surface area contributed by atoms with Gasteiger partial charge in [0.25, 0.3) is 11.8 Å². The molecule has 0 aliphatic heterocycles. The Morgan fingerprint density at radius 3 is 2.22 bits per heavy atom. The van der Waals surface area contributed by atoms with Crippen LogP contribution in [0.3, 0.4) is 0 Å². The average Bonchev–Trinajstić information content (AvgIpc) is 2.63. The van der Waals surface area contributed by atoms with Gasteiger partial charge in [0.15, 0.2) is 6.61 Å². The maximum atomic E-state index is 12.5. The molecule has 1 rings (SSSR count). The van der Waals surface area contributed by atoms with Crippen LogP contribution in [0.5, 0.6) is 0 Å². The zero-order valence-corrected chi connectivity index (χ0v) is 14.6. The normalized spacial score (nSPS) is 10.7. The van der Waals surface area contributed by atoms with Crippen LogP contribution in [-0.4, -0.2) is 62.4 Å². The second-order valence-corrected chi connectivity index (χ2v) is 5.34. The summed E-state index contributed by atoms with van der Waals surface area (Å²) in [7, 11) is 2.75. The Morgan fingerprint density at radius 2 is 1.70 bits per heavy atom. The maximum absolute atomic E-state index is 12.5. The van der Waals surface area contributed by atoms with E-state index in [1.54, 1.807) is 0 Å². The van der Waals surface area contributed by atoms with Gasteiger partial charge in [-0.05, 0) is 24.3 Å². The summed E-state index contributed by atoms with van der Waals surface area (Å²) < 4.78 is 42.0. The fourth-order valence-corrected chi connectivity index (χ4v) is 1.75. The molecule has 148 valence electrons. The maximum Gasteiger partial charge on any atom is 0.416 e. The number of benzene rings is 1. The molecule has 2 N–H and O–H groups in total. The van der Waals surface area contributed by atoms with Crippen LogP contribution in [0.4, 0.5) is 13.2 Å². The van der Waals surface area contributed by atoms with Crippen molar-refractivity contribution in [2.45, 2.75) is 6.18 Å². The van der Waals surface area contributed by atoms with Crippen molar-refractivity contribution in [2.75, 3.05) is 33.8 Å². The fourth-order valence-electron chi connectivity index (χ4n) is 1.75. The van der Waals surface area contributed by atoms with E-state index in [0.29, 0.717) is 0 Å². The van der Waals surface area contributed by atoms with Crippen molar-refractivity contribution >= 4 is 23.7 Å². The van der Waals surface area contributed by atoms with E-state index in [-0.39, 0.29) is 12.1 Å². The van der Waals surface area contributed by atoms with Gasteiger partial charge in [-0.25, -0.2) is 0 Å². The van der Waals surface area contributed by atoms with Gasteiger partial charge in [-0.15, -0.1) is 0 Å². The highest BCUT2D eigenvalue weighted by molar-refractivity contribution is 5.96. The van der Waals surface area contributed by atoms with Crippen LogP contribution in [-0.2, 0) is 25.3 Å². The first kappa shape index (κ1) is 21.9. The number of hydrogen-bond donors (Lipinski definition) is 2. The summed E-state index contributed by atoms with van der Waals surface area (Å²) in [6.07, 6.45) is -4.52. The number of hydrogen-bond acceptors (Lipinski definition) is 5. The number of likely N-dealkylation sites (N-methyl/N-ethyl adjacent to an activating group) is 2. The number of halogens is 3. The van der Waals surface area contributed by atoms with E-state index < -0.39 is 48.6 Å². The second-order valence-electron chi connectivity index (χ2n) is 5.34. The summed E-state index contributed by atoms with van der Waals surface area (Å²) >= 11 is 0. The van der Waals surface area contributed by atoms with Crippen molar-refractivity contribution in [3.63, 3.8) is 0 Å². The summed E-state index contributed by atoms with van der Waals surface area (Å²) in [5.41, 5.74) is -0.977. The lowest BCUT2D eigenvalue weighted by atomic mass is 10.1. The van der Waals surface area contributed by atoms with Crippen LogP contribution < -0.4 is 10.6 Å². The molecule has 0 saturated heterocycles. The molecule has 11 heteroatoms. The quantitative estimate of drug-likeness (QED) is 0.648. The lowest BCUT2D eigenvalue weighted by molar-refractivity contribution is -0.151. The van der Waals surface area contributed by atoms with E-state index in [2.05, 4.69) is 15.4 Å². The zero-order valence-electron chi connectivity index (χ0n) is 14.6. The summed E-state index contributed by atoms with van der Waals surface area (Å²) in [5, 5.41) is 4.49. The number of carbonyl (C=O) groups excluding carboxylic acids is 4. The highest BCUT2D eigenvalue weighted by Gasteiger charge is 2.30. The number of alkyl halides is 3. The van der Waals surface area contributed by atoms with Gasteiger partial charge in [0, 0.05) is 19.7 Å². The van der Waals surface area contributed by atoms with E-state index in [1.807, 2.05) is 0 Å². The van der Waals surface area contributed by atoms with E-state index >= 15 is 0 Å². The van der Waals surface area contributed by atoms with Crippen LogP contribution in [0.2, 0.25) is 0 Å². The molecule has 27 heavy (non-hydrogen) atoms. The van der Waals surface area contributed by atoms with E-state index in [4.69, 9.17) is 0 Å². The summed E-state index contributed by atoms with van der Waals surface area (Å²) in [6.45, 7) is -1.41. The molecule has 0 aliphatic carbocycles. The van der Waals surface area contributed by atoms with Crippen molar-refractivity contribution in [1.82, 2.24) is 15.5 Å². The SMILES string of the molecule is CNC(=O)CN(C)C(=O)COC(=O)CNC(=O)c1ccc(C(F)(F)F)cc1. The van der Waals surface area contributed by atoms with Crippen LogP contribution in [0.25, 0.3) is 0 Å². The summed E-state index contributed by atoms with van der Waals surface area (Å²) in [4.78, 5) is 47.2. The van der Waals surface area contributed by atoms with Crippen LogP contribution in [0, 0.1) is 0 Å². The minimum absolute atomic E-state index is 0.0720. The number of nitrogens with one attached hydrogen (secondary N) is 2. The van der Waals surface area contributed by atoms with Gasteiger partial charge in [-0.2, -0.15) is 13.2 Å². The van der Waals surface area contributed by atoms with Crippen molar-refractivity contribution in [3.05, 3.63) is 35.4 Å². The van der Waals surface area contributed by atoms with Crippen molar-refractivity contribution < 1.29 is 37.1 Å². The second kappa shape index (κ2) is 9.55.